The molecule has 1 aliphatic rings. The molecular weight excluding hydrogens is 424 g/mol. The molecule has 1 aromatic heterocycles. The topological polar surface area (TPSA) is 117 Å². The molecule has 0 radical (unpaired) electrons. The third-order valence-corrected chi connectivity index (χ3v) is 4.77. The van der Waals surface area contributed by atoms with Crippen molar-refractivity contribution >= 4 is 47.2 Å². The van der Waals surface area contributed by atoms with E-state index in [1.807, 2.05) is 0 Å². The number of barbiturate groups is 1. The maximum absolute atomic E-state index is 12.9. The summed E-state index contributed by atoms with van der Waals surface area (Å²) in [4.78, 5) is 49.6. The fraction of sp³-hybridized carbons (Fsp3) is 0. The van der Waals surface area contributed by atoms with Gasteiger partial charge in [0, 0.05) is 10.6 Å². The molecule has 0 spiro atoms. The Morgan fingerprint density at radius 3 is 2.42 bits per heavy atom. The molecule has 1 fully saturated rings. The zero-order valence-electron chi connectivity index (χ0n) is 15.7. The van der Waals surface area contributed by atoms with Crippen LogP contribution in [-0.4, -0.2) is 28.9 Å². The second kappa shape index (κ2) is 7.92. The van der Waals surface area contributed by atoms with Gasteiger partial charge in [-0.05, 0) is 48.5 Å². The van der Waals surface area contributed by atoms with Crippen LogP contribution in [0.5, 0.6) is 0 Å². The van der Waals surface area contributed by atoms with Gasteiger partial charge >= 0.3 is 12.0 Å². The molecule has 0 atom stereocenters. The third kappa shape index (κ3) is 3.84. The molecule has 1 aliphatic heterocycles. The lowest BCUT2D eigenvalue weighted by molar-refractivity contribution is -0.122. The predicted molar refractivity (Wildman–Crippen MR) is 112 cm³/mol. The van der Waals surface area contributed by atoms with E-state index in [4.69, 9.17) is 16.0 Å². The number of nitrogens with one attached hydrogen (secondary N) is 1. The van der Waals surface area contributed by atoms with Gasteiger partial charge in [-0.3, -0.25) is 14.9 Å². The number of hydrogen-bond acceptors (Lipinski definition) is 5. The quantitative estimate of drug-likeness (QED) is 0.472. The van der Waals surface area contributed by atoms with Crippen molar-refractivity contribution in [3.05, 3.63) is 82.6 Å². The molecule has 9 heteroatoms. The molecule has 31 heavy (non-hydrogen) atoms. The molecule has 0 aliphatic carbocycles. The van der Waals surface area contributed by atoms with Gasteiger partial charge in [0.05, 0.1) is 11.3 Å². The van der Waals surface area contributed by atoms with Gasteiger partial charge in [0.2, 0.25) is 0 Å². The second-order valence-electron chi connectivity index (χ2n) is 6.49. The van der Waals surface area contributed by atoms with Gasteiger partial charge in [0.1, 0.15) is 17.1 Å². The van der Waals surface area contributed by atoms with Crippen LogP contribution in [0.15, 0.2) is 70.7 Å². The molecule has 0 bridgehead atoms. The number of halogens is 1. The van der Waals surface area contributed by atoms with Crippen LogP contribution in [0.4, 0.5) is 10.5 Å². The van der Waals surface area contributed by atoms with Crippen molar-refractivity contribution in [2.45, 2.75) is 0 Å². The Hall–Kier alpha value is -4.17. The molecule has 154 valence electrons. The molecule has 0 unspecified atom stereocenters. The van der Waals surface area contributed by atoms with Crippen molar-refractivity contribution in [2.24, 2.45) is 0 Å². The summed E-state index contributed by atoms with van der Waals surface area (Å²) in [6, 6.07) is 14.4. The van der Waals surface area contributed by atoms with Crippen LogP contribution in [0.2, 0.25) is 5.02 Å². The van der Waals surface area contributed by atoms with Gasteiger partial charge in [-0.25, -0.2) is 14.5 Å². The number of carboxylic acid groups (broad SMARTS) is 1. The highest BCUT2D eigenvalue weighted by atomic mass is 35.5. The first-order valence-electron chi connectivity index (χ1n) is 8.94. The summed E-state index contributed by atoms with van der Waals surface area (Å²) < 4.78 is 5.65. The summed E-state index contributed by atoms with van der Waals surface area (Å²) in [6.07, 6.45) is 1.19. The highest BCUT2D eigenvalue weighted by Gasteiger charge is 2.37. The van der Waals surface area contributed by atoms with E-state index in [1.54, 1.807) is 18.2 Å². The van der Waals surface area contributed by atoms with Crippen LogP contribution < -0.4 is 10.2 Å². The number of aromatic carboxylic acids is 1. The molecule has 3 aromatic rings. The first-order chi connectivity index (χ1) is 14.8. The van der Waals surface area contributed by atoms with E-state index in [2.05, 4.69) is 5.32 Å². The highest BCUT2D eigenvalue weighted by molar-refractivity contribution is 6.39. The number of urea groups is 1. The lowest BCUT2D eigenvalue weighted by Gasteiger charge is -2.26. The van der Waals surface area contributed by atoms with Crippen LogP contribution in [0.3, 0.4) is 0 Å². The van der Waals surface area contributed by atoms with Crippen molar-refractivity contribution in [1.29, 1.82) is 0 Å². The monoisotopic (exact) mass is 436 g/mol. The lowest BCUT2D eigenvalue weighted by Crippen LogP contribution is -2.54. The van der Waals surface area contributed by atoms with Gasteiger partial charge < -0.3 is 9.52 Å². The molecule has 2 aromatic carbocycles. The van der Waals surface area contributed by atoms with Gasteiger partial charge in [-0.2, -0.15) is 0 Å². The Balaban J connectivity index is 1.69. The fourth-order valence-corrected chi connectivity index (χ4v) is 3.21. The van der Waals surface area contributed by atoms with Crippen molar-refractivity contribution in [1.82, 2.24) is 5.32 Å². The second-order valence-corrected chi connectivity index (χ2v) is 6.92. The Kier molecular flexibility index (Phi) is 5.14. The molecular formula is C22H13ClN2O6. The first kappa shape index (κ1) is 20.1. The molecule has 4 rings (SSSR count). The van der Waals surface area contributed by atoms with Crippen LogP contribution in [0.25, 0.3) is 17.4 Å². The zero-order chi connectivity index (χ0) is 22.1. The Bertz CT molecular complexity index is 1260. The number of nitrogens with zero attached hydrogens (tertiary/aromatic N) is 1. The van der Waals surface area contributed by atoms with Gasteiger partial charge in [0.25, 0.3) is 11.8 Å². The molecule has 2 heterocycles. The predicted octanol–water partition coefficient (Wildman–Crippen LogP) is 3.96. The zero-order valence-corrected chi connectivity index (χ0v) is 16.4. The summed E-state index contributed by atoms with van der Waals surface area (Å²) in [7, 11) is 0. The number of carboxylic acids is 1. The standard InChI is InChI=1S/C22H13ClN2O6/c23-12-5-7-13(8-6-12)25-20(27)17(19(26)24-22(25)30)11-14-9-10-18(31-14)15-3-1-2-4-16(15)21(28)29/h1-11H,(H,28,29)(H,24,26,30). The van der Waals surface area contributed by atoms with E-state index in [1.165, 1.54) is 48.5 Å². The average Bonchev–Trinajstić information content (AvgIpc) is 3.21. The summed E-state index contributed by atoms with van der Waals surface area (Å²) >= 11 is 5.85. The Morgan fingerprint density at radius 2 is 1.71 bits per heavy atom. The number of benzene rings is 2. The average molecular weight is 437 g/mol. The molecule has 1 saturated heterocycles. The first-order valence-corrected chi connectivity index (χ1v) is 9.32. The van der Waals surface area contributed by atoms with Crippen LogP contribution in [0, 0.1) is 0 Å². The number of hydrogen-bond donors (Lipinski definition) is 2. The minimum atomic E-state index is -1.12. The fourth-order valence-electron chi connectivity index (χ4n) is 3.08. The normalized spacial score (nSPS) is 15.3. The van der Waals surface area contributed by atoms with Gasteiger partial charge in [-0.15, -0.1) is 0 Å². The molecule has 2 N–H and O–H groups in total. The van der Waals surface area contributed by atoms with Crippen LogP contribution in [-0.2, 0) is 9.59 Å². The number of carbonyl (C=O) groups is 4. The Morgan fingerprint density at radius 1 is 1.00 bits per heavy atom. The molecule has 4 amide bonds. The van der Waals surface area contributed by atoms with Crippen molar-refractivity contribution < 1.29 is 28.7 Å². The SMILES string of the molecule is O=C1NC(=O)N(c2ccc(Cl)cc2)C(=O)C1=Cc1ccc(-c2ccccc2C(=O)O)o1. The number of furan rings is 1. The van der Waals surface area contributed by atoms with Gasteiger partial charge in [0.15, 0.2) is 0 Å². The Labute approximate surface area is 180 Å². The van der Waals surface area contributed by atoms with Crippen LogP contribution >= 0.6 is 11.6 Å². The number of anilines is 1. The van der Waals surface area contributed by atoms with E-state index in [9.17, 15) is 24.3 Å². The minimum Gasteiger partial charge on any atom is -0.478 e. The maximum Gasteiger partial charge on any atom is 0.336 e. The summed E-state index contributed by atoms with van der Waals surface area (Å²) in [5, 5.41) is 11.9. The van der Waals surface area contributed by atoms with E-state index in [0.29, 0.717) is 10.6 Å². The van der Waals surface area contributed by atoms with E-state index >= 15 is 0 Å². The summed E-state index contributed by atoms with van der Waals surface area (Å²) in [5.41, 5.74) is 0.307. The van der Waals surface area contributed by atoms with E-state index in [-0.39, 0.29) is 28.3 Å². The smallest absolute Gasteiger partial charge is 0.336 e. The maximum atomic E-state index is 12.9. The largest absolute Gasteiger partial charge is 0.478 e. The van der Waals surface area contributed by atoms with Crippen molar-refractivity contribution in [3.63, 3.8) is 0 Å². The highest BCUT2D eigenvalue weighted by Crippen LogP contribution is 2.28. The third-order valence-electron chi connectivity index (χ3n) is 4.52. The molecule has 8 nitrogen and oxygen atoms in total. The van der Waals surface area contributed by atoms with Crippen molar-refractivity contribution in [2.75, 3.05) is 4.90 Å². The van der Waals surface area contributed by atoms with Crippen molar-refractivity contribution in [3.8, 4) is 11.3 Å². The van der Waals surface area contributed by atoms with Gasteiger partial charge in [-0.1, -0.05) is 29.8 Å². The summed E-state index contributed by atoms with van der Waals surface area (Å²) in [6.45, 7) is 0. The van der Waals surface area contributed by atoms with Crippen LogP contribution in [0.1, 0.15) is 16.1 Å². The number of imide groups is 2. The number of carbonyl (C=O) groups excluding carboxylic acids is 3. The van der Waals surface area contributed by atoms with E-state index in [0.717, 1.165) is 4.90 Å². The molecule has 0 saturated carbocycles. The number of amides is 4. The lowest BCUT2D eigenvalue weighted by atomic mass is 10.1. The number of rotatable bonds is 4. The minimum absolute atomic E-state index is 0.0436. The van der Waals surface area contributed by atoms with E-state index < -0.39 is 23.8 Å². The summed E-state index contributed by atoms with van der Waals surface area (Å²) in [5.74, 6) is -2.44.